The van der Waals surface area contributed by atoms with Gasteiger partial charge in [0.2, 0.25) is 0 Å². The van der Waals surface area contributed by atoms with E-state index in [-0.39, 0.29) is 5.78 Å². The van der Waals surface area contributed by atoms with Crippen LogP contribution in [0.5, 0.6) is 0 Å². The summed E-state index contributed by atoms with van der Waals surface area (Å²) in [5.74, 6) is 4.73. The van der Waals surface area contributed by atoms with Crippen LogP contribution in [0.15, 0.2) is 18.2 Å². The third-order valence-corrected chi connectivity index (χ3v) is 1.95. The molecule has 0 aliphatic carbocycles. The summed E-state index contributed by atoms with van der Waals surface area (Å²) in [6, 6.07) is 4.82. The van der Waals surface area contributed by atoms with Crippen LogP contribution in [-0.4, -0.2) is 12.1 Å². The Morgan fingerprint density at radius 1 is 1.50 bits per heavy atom. The number of hydrogen-bond donors (Lipinski definition) is 0. The van der Waals surface area contributed by atoms with Gasteiger partial charge < -0.3 is 0 Å². The fourth-order valence-corrected chi connectivity index (χ4v) is 1.24. The lowest BCUT2D eigenvalue weighted by Crippen LogP contribution is -1.93. The molecule has 0 saturated heterocycles. The van der Waals surface area contributed by atoms with Crippen molar-refractivity contribution in [3.8, 4) is 11.8 Å². The van der Waals surface area contributed by atoms with Crippen LogP contribution in [-0.2, 0) is 4.79 Å². The van der Waals surface area contributed by atoms with Gasteiger partial charge in [0.25, 0.3) is 0 Å². The summed E-state index contributed by atoms with van der Waals surface area (Å²) >= 11 is 5.79. The summed E-state index contributed by atoms with van der Waals surface area (Å²) < 4.78 is 0. The molecule has 0 N–H and O–H groups in total. The normalized spacial score (nSPS) is 8.71. The number of benzene rings is 1. The summed E-state index contributed by atoms with van der Waals surface area (Å²) in [4.78, 5) is 21.1. The SMILES string of the molecule is CC(=O)c1cc(C#CC=O)ccc1Cl. The van der Waals surface area contributed by atoms with Crippen molar-refractivity contribution in [3.05, 3.63) is 34.3 Å². The highest BCUT2D eigenvalue weighted by molar-refractivity contribution is 6.33. The van der Waals surface area contributed by atoms with E-state index in [0.29, 0.717) is 22.4 Å². The molecule has 0 radical (unpaired) electrons. The maximum Gasteiger partial charge on any atom is 0.193 e. The quantitative estimate of drug-likeness (QED) is 0.401. The molecule has 0 spiro atoms. The molecular weight excluding hydrogens is 200 g/mol. The number of carbonyl (C=O) groups is 2. The van der Waals surface area contributed by atoms with Crippen LogP contribution in [0.25, 0.3) is 0 Å². The Morgan fingerprint density at radius 3 is 2.79 bits per heavy atom. The van der Waals surface area contributed by atoms with Crippen LogP contribution < -0.4 is 0 Å². The van der Waals surface area contributed by atoms with E-state index in [9.17, 15) is 9.59 Å². The van der Waals surface area contributed by atoms with Crippen molar-refractivity contribution in [2.24, 2.45) is 0 Å². The summed E-state index contributed by atoms with van der Waals surface area (Å²) in [6.07, 6.45) is 0.502. The molecule has 3 heteroatoms. The van der Waals surface area contributed by atoms with Crippen LogP contribution in [0.1, 0.15) is 22.8 Å². The van der Waals surface area contributed by atoms with Crippen LogP contribution >= 0.6 is 11.6 Å². The van der Waals surface area contributed by atoms with Crippen LogP contribution in [0.4, 0.5) is 0 Å². The molecule has 1 aromatic carbocycles. The van der Waals surface area contributed by atoms with Crippen molar-refractivity contribution < 1.29 is 9.59 Å². The molecule has 0 unspecified atom stereocenters. The van der Waals surface area contributed by atoms with Crippen LogP contribution in [0.2, 0.25) is 5.02 Å². The van der Waals surface area contributed by atoms with E-state index in [1.807, 2.05) is 0 Å². The summed E-state index contributed by atoms with van der Waals surface area (Å²) in [6.45, 7) is 1.43. The highest BCUT2D eigenvalue weighted by Crippen LogP contribution is 2.17. The molecule has 70 valence electrons. The molecule has 0 fully saturated rings. The third-order valence-electron chi connectivity index (χ3n) is 1.62. The second kappa shape index (κ2) is 4.59. The number of hydrogen-bond acceptors (Lipinski definition) is 2. The van der Waals surface area contributed by atoms with E-state index in [2.05, 4.69) is 11.8 Å². The fourth-order valence-electron chi connectivity index (χ4n) is 0.986. The molecule has 0 atom stereocenters. The maximum atomic E-state index is 11.1. The van der Waals surface area contributed by atoms with Crippen molar-refractivity contribution in [3.63, 3.8) is 0 Å². The zero-order valence-electron chi connectivity index (χ0n) is 7.50. The second-order valence-corrected chi connectivity index (χ2v) is 3.05. The Bertz CT molecular complexity index is 438. The first-order valence-electron chi connectivity index (χ1n) is 3.91. The van der Waals surface area contributed by atoms with Gasteiger partial charge >= 0.3 is 0 Å². The number of aldehydes is 1. The number of rotatable bonds is 1. The predicted molar refractivity (Wildman–Crippen MR) is 54.4 cm³/mol. The molecule has 0 amide bonds. The lowest BCUT2D eigenvalue weighted by atomic mass is 10.1. The smallest absolute Gasteiger partial charge is 0.193 e. The van der Waals surface area contributed by atoms with Crippen LogP contribution in [0.3, 0.4) is 0 Å². The average molecular weight is 207 g/mol. The topological polar surface area (TPSA) is 34.1 Å². The first kappa shape index (κ1) is 10.5. The van der Waals surface area contributed by atoms with Gasteiger partial charge in [0, 0.05) is 11.1 Å². The Hall–Kier alpha value is -1.59. The van der Waals surface area contributed by atoms with Gasteiger partial charge in [-0.1, -0.05) is 17.5 Å². The van der Waals surface area contributed by atoms with Gasteiger partial charge in [-0.25, -0.2) is 0 Å². The lowest BCUT2D eigenvalue weighted by molar-refractivity contribution is -0.103. The van der Waals surface area contributed by atoms with Gasteiger partial charge in [-0.3, -0.25) is 9.59 Å². The van der Waals surface area contributed by atoms with E-state index in [1.165, 1.54) is 6.92 Å². The Labute approximate surface area is 86.9 Å². The van der Waals surface area contributed by atoms with Gasteiger partial charge in [0.15, 0.2) is 12.1 Å². The Balaban J connectivity index is 3.19. The average Bonchev–Trinajstić information content (AvgIpc) is 2.16. The number of Topliss-reactive ketones (excluding diaryl/α,β-unsaturated/α-hetero) is 1. The molecule has 2 nitrogen and oxygen atoms in total. The van der Waals surface area contributed by atoms with Crippen LogP contribution in [0, 0.1) is 11.8 Å². The Kier molecular flexibility index (Phi) is 3.44. The Morgan fingerprint density at radius 2 is 2.21 bits per heavy atom. The number of halogens is 1. The molecule has 0 aliphatic rings. The van der Waals surface area contributed by atoms with Crippen molar-refractivity contribution >= 4 is 23.7 Å². The zero-order chi connectivity index (χ0) is 10.6. The number of ketones is 1. The van der Waals surface area contributed by atoms with Gasteiger partial charge in [0.1, 0.15) is 0 Å². The van der Waals surface area contributed by atoms with Gasteiger partial charge in [-0.05, 0) is 31.0 Å². The molecule has 1 rings (SSSR count). The van der Waals surface area contributed by atoms with E-state index >= 15 is 0 Å². The predicted octanol–water partition coefficient (Wildman–Crippen LogP) is 2.09. The van der Waals surface area contributed by atoms with E-state index in [4.69, 9.17) is 11.6 Å². The third kappa shape index (κ3) is 2.45. The minimum absolute atomic E-state index is 0.121. The minimum Gasteiger partial charge on any atom is -0.294 e. The second-order valence-electron chi connectivity index (χ2n) is 2.64. The van der Waals surface area contributed by atoms with E-state index < -0.39 is 0 Å². The van der Waals surface area contributed by atoms with Crippen molar-refractivity contribution in [1.29, 1.82) is 0 Å². The van der Waals surface area contributed by atoms with Crippen molar-refractivity contribution in [2.45, 2.75) is 6.92 Å². The molecule has 0 aromatic heterocycles. The molecule has 0 heterocycles. The summed E-state index contributed by atoms with van der Waals surface area (Å²) in [5, 5.41) is 0.397. The van der Waals surface area contributed by atoms with Gasteiger partial charge in [-0.2, -0.15) is 0 Å². The lowest BCUT2D eigenvalue weighted by Gasteiger charge is -1.99. The zero-order valence-corrected chi connectivity index (χ0v) is 8.26. The summed E-state index contributed by atoms with van der Waals surface area (Å²) in [7, 11) is 0. The minimum atomic E-state index is -0.121. The van der Waals surface area contributed by atoms with Crippen molar-refractivity contribution in [2.75, 3.05) is 0 Å². The van der Waals surface area contributed by atoms with Crippen molar-refractivity contribution in [1.82, 2.24) is 0 Å². The van der Waals surface area contributed by atoms with E-state index in [0.717, 1.165) is 0 Å². The first-order valence-corrected chi connectivity index (χ1v) is 4.28. The molecule has 0 aliphatic heterocycles. The molecule has 14 heavy (non-hydrogen) atoms. The molecule has 1 aromatic rings. The monoisotopic (exact) mass is 206 g/mol. The highest BCUT2D eigenvalue weighted by atomic mass is 35.5. The van der Waals surface area contributed by atoms with Gasteiger partial charge in [0.05, 0.1) is 5.02 Å². The molecule has 0 saturated carbocycles. The van der Waals surface area contributed by atoms with E-state index in [1.54, 1.807) is 18.2 Å². The van der Waals surface area contributed by atoms with Gasteiger partial charge in [-0.15, -0.1) is 0 Å². The highest BCUT2D eigenvalue weighted by Gasteiger charge is 2.05. The standard InChI is InChI=1S/C11H7ClO2/c1-8(14)10-7-9(3-2-6-13)4-5-11(10)12/h4-7H,1H3. The maximum absolute atomic E-state index is 11.1. The molecule has 0 bridgehead atoms. The largest absolute Gasteiger partial charge is 0.294 e. The number of carbonyl (C=O) groups excluding carboxylic acids is 2. The summed E-state index contributed by atoms with van der Waals surface area (Å²) in [5.41, 5.74) is 1.02. The fraction of sp³-hybridized carbons (Fsp3) is 0.0909. The molecular formula is C11H7ClO2. The first-order chi connectivity index (χ1) is 6.65.